The van der Waals surface area contributed by atoms with Crippen molar-refractivity contribution < 1.29 is 37.7 Å². The second-order valence-corrected chi connectivity index (χ2v) is 8.70. The van der Waals surface area contributed by atoms with Gasteiger partial charge < -0.3 is 30.6 Å². The largest absolute Gasteiger partial charge is 0.447 e. The fraction of sp³-hybridized carbons (Fsp3) is 0.320. The summed E-state index contributed by atoms with van der Waals surface area (Å²) in [7, 11) is 0. The molecule has 1 fully saturated rings. The Kier molecular flexibility index (Phi) is 7.50. The van der Waals surface area contributed by atoms with Crippen molar-refractivity contribution in [2.24, 2.45) is 0 Å². The Morgan fingerprint density at radius 1 is 1.11 bits per heavy atom. The van der Waals surface area contributed by atoms with E-state index in [1.54, 1.807) is 12.1 Å². The Morgan fingerprint density at radius 2 is 1.84 bits per heavy atom. The minimum absolute atomic E-state index is 0.0249. The van der Waals surface area contributed by atoms with Gasteiger partial charge in [-0.1, -0.05) is 30.3 Å². The number of ether oxygens (including phenoxy) is 1. The van der Waals surface area contributed by atoms with Gasteiger partial charge in [0.2, 0.25) is 5.91 Å². The van der Waals surface area contributed by atoms with Crippen molar-refractivity contribution in [1.82, 2.24) is 15.6 Å². The Balaban J connectivity index is 1.52. The maximum absolute atomic E-state index is 13.4. The fourth-order valence-corrected chi connectivity index (χ4v) is 4.29. The van der Waals surface area contributed by atoms with Crippen LogP contribution in [0.15, 0.2) is 53.3 Å². The van der Waals surface area contributed by atoms with Gasteiger partial charge in [-0.05, 0) is 35.6 Å². The summed E-state index contributed by atoms with van der Waals surface area (Å²) < 4.78 is 45.4. The predicted octanol–water partition coefficient (Wildman–Crippen LogP) is 2.27. The first kappa shape index (κ1) is 26.2. The lowest BCUT2D eigenvalue weighted by Crippen LogP contribution is -2.42. The summed E-state index contributed by atoms with van der Waals surface area (Å²) >= 11 is 0. The monoisotopic (exact) mass is 519 g/mol. The number of halogens is 3. The SMILES string of the molecule is O=C(NC(CO)CO)OCC1C[C@@H](c2ccc3cc(-c4ccccc4C(F)(F)F)[nH]c(=O)c3c2)C(=O)N1. The smallest absolute Gasteiger partial charge is 0.417 e. The van der Waals surface area contributed by atoms with E-state index in [-0.39, 0.29) is 35.6 Å². The van der Waals surface area contributed by atoms with Gasteiger partial charge in [-0.2, -0.15) is 13.2 Å². The number of carbonyl (C=O) groups is 2. The van der Waals surface area contributed by atoms with Gasteiger partial charge in [-0.3, -0.25) is 9.59 Å². The molecule has 2 atom stereocenters. The number of hydrogen-bond donors (Lipinski definition) is 5. The fourth-order valence-electron chi connectivity index (χ4n) is 4.29. The van der Waals surface area contributed by atoms with E-state index in [4.69, 9.17) is 14.9 Å². The normalized spacial score (nSPS) is 17.7. The number of rotatable bonds is 7. The van der Waals surface area contributed by atoms with Crippen LogP contribution in [0, 0.1) is 0 Å². The predicted molar refractivity (Wildman–Crippen MR) is 127 cm³/mol. The van der Waals surface area contributed by atoms with E-state index in [1.807, 2.05) is 0 Å². The molecule has 0 aliphatic carbocycles. The van der Waals surface area contributed by atoms with Crippen LogP contribution < -0.4 is 16.2 Å². The Morgan fingerprint density at radius 3 is 2.54 bits per heavy atom. The summed E-state index contributed by atoms with van der Waals surface area (Å²) in [5, 5.41) is 23.6. The van der Waals surface area contributed by atoms with Crippen LogP contribution in [0.4, 0.5) is 18.0 Å². The van der Waals surface area contributed by atoms with Crippen molar-refractivity contribution in [1.29, 1.82) is 0 Å². The molecule has 9 nitrogen and oxygen atoms in total. The summed E-state index contributed by atoms with van der Waals surface area (Å²) in [6, 6.07) is 9.79. The summed E-state index contributed by atoms with van der Waals surface area (Å²) in [6.45, 7) is -1.08. The summed E-state index contributed by atoms with van der Waals surface area (Å²) in [6.07, 6.45) is -5.18. The maximum Gasteiger partial charge on any atom is 0.417 e. The van der Waals surface area contributed by atoms with Crippen LogP contribution in [0.5, 0.6) is 0 Å². The minimum Gasteiger partial charge on any atom is -0.447 e. The average Bonchev–Trinajstić information content (AvgIpc) is 3.25. The molecule has 2 aromatic carbocycles. The van der Waals surface area contributed by atoms with E-state index in [0.717, 1.165) is 6.07 Å². The quantitative estimate of drug-likeness (QED) is 0.324. The Bertz CT molecular complexity index is 1370. The number of pyridine rings is 1. The number of nitrogens with one attached hydrogen (secondary N) is 3. The summed E-state index contributed by atoms with van der Waals surface area (Å²) in [4.78, 5) is 39.7. The summed E-state index contributed by atoms with van der Waals surface area (Å²) in [5.41, 5.74) is -1.05. The number of H-pyrrole nitrogens is 1. The molecular formula is C25H24F3N3O6. The van der Waals surface area contributed by atoms with Gasteiger partial charge >= 0.3 is 12.3 Å². The molecule has 2 amide bonds. The van der Waals surface area contributed by atoms with E-state index >= 15 is 0 Å². The third-order valence-electron chi connectivity index (χ3n) is 6.16. The number of fused-ring (bicyclic) bond motifs is 1. The third kappa shape index (κ3) is 5.75. The Labute approximate surface area is 208 Å². The number of aliphatic hydroxyl groups is 2. The number of benzene rings is 2. The molecule has 1 aliphatic heterocycles. The van der Waals surface area contributed by atoms with E-state index in [0.29, 0.717) is 10.9 Å². The van der Waals surface area contributed by atoms with Gasteiger partial charge in [-0.25, -0.2) is 4.79 Å². The number of aromatic amines is 1. The lowest BCUT2D eigenvalue weighted by molar-refractivity contribution is -0.137. The molecule has 2 heterocycles. The number of alkyl carbamates (subject to hydrolysis) is 1. The van der Waals surface area contributed by atoms with Gasteiger partial charge in [0.1, 0.15) is 6.61 Å². The van der Waals surface area contributed by atoms with Crippen LogP contribution in [-0.4, -0.2) is 59.1 Å². The zero-order chi connectivity index (χ0) is 26.7. The van der Waals surface area contributed by atoms with E-state index in [9.17, 15) is 27.6 Å². The highest BCUT2D eigenvalue weighted by atomic mass is 19.4. The number of aliphatic hydroxyl groups excluding tert-OH is 2. The number of hydrogen-bond acceptors (Lipinski definition) is 6. The van der Waals surface area contributed by atoms with E-state index in [2.05, 4.69) is 15.6 Å². The first-order chi connectivity index (χ1) is 17.6. The first-order valence-electron chi connectivity index (χ1n) is 11.4. The topological polar surface area (TPSA) is 141 Å². The van der Waals surface area contributed by atoms with Crippen LogP contribution in [-0.2, 0) is 15.7 Å². The van der Waals surface area contributed by atoms with Gasteiger partial charge in [0.15, 0.2) is 0 Å². The van der Waals surface area contributed by atoms with Gasteiger partial charge in [0.25, 0.3) is 5.56 Å². The molecule has 4 rings (SSSR count). The van der Waals surface area contributed by atoms with Crippen LogP contribution >= 0.6 is 0 Å². The Hall–Kier alpha value is -3.90. The molecule has 1 saturated heterocycles. The highest BCUT2D eigenvalue weighted by Crippen LogP contribution is 2.37. The molecule has 196 valence electrons. The van der Waals surface area contributed by atoms with Crippen LogP contribution in [0.25, 0.3) is 22.0 Å². The van der Waals surface area contributed by atoms with Crippen LogP contribution in [0.2, 0.25) is 0 Å². The molecule has 0 bridgehead atoms. The van der Waals surface area contributed by atoms with Crippen molar-refractivity contribution in [2.75, 3.05) is 19.8 Å². The number of aromatic nitrogens is 1. The van der Waals surface area contributed by atoms with Crippen molar-refractivity contribution in [3.63, 3.8) is 0 Å². The van der Waals surface area contributed by atoms with Crippen LogP contribution in [0.1, 0.15) is 23.5 Å². The van der Waals surface area contributed by atoms with Gasteiger partial charge in [0, 0.05) is 16.6 Å². The third-order valence-corrected chi connectivity index (χ3v) is 6.16. The van der Waals surface area contributed by atoms with Crippen molar-refractivity contribution >= 4 is 22.8 Å². The number of amides is 2. The molecular weight excluding hydrogens is 495 g/mol. The molecule has 5 N–H and O–H groups in total. The molecule has 0 spiro atoms. The average molecular weight is 519 g/mol. The van der Waals surface area contributed by atoms with Crippen molar-refractivity contribution in [3.05, 3.63) is 70.0 Å². The second-order valence-electron chi connectivity index (χ2n) is 8.70. The second kappa shape index (κ2) is 10.6. The number of alkyl halides is 3. The minimum atomic E-state index is -4.59. The molecule has 1 aromatic heterocycles. The van der Waals surface area contributed by atoms with Crippen molar-refractivity contribution in [3.8, 4) is 11.3 Å². The van der Waals surface area contributed by atoms with Crippen LogP contribution in [0.3, 0.4) is 0 Å². The standard InChI is InChI=1S/C25H24F3N3O6/c26-25(27,28)20-4-2-1-3-17(20)21-8-14-6-5-13(7-18(14)23(35)31-21)19-9-15(29-22(19)34)12-37-24(36)30-16(10-32)11-33/h1-8,15-16,19,32-33H,9-12H2,(H,29,34)(H,30,36)(H,31,35)/t15?,19-/m0/s1. The first-order valence-corrected chi connectivity index (χ1v) is 11.4. The highest BCUT2D eigenvalue weighted by Gasteiger charge is 2.35. The molecule has 1 unspecified atom stereocenters. The molecule has 1 aliphatic rings. The summed E-state index contributed by atoms with van der Waals surface area (Å²) in [5.74, 6) is -0.960. The lowest BCUT2D eigenvalue weighted by atomic mass is 9.93. The van der Waals surface area contributed by atoms with E-state index in [1.165, 1.54) is 30.3 Å². The zero-order valence-corrected chi connectivity index (χ0v) is 19.3. The molecule has 37 heavy (non-hydrogen) atoms. The highest BCUT2D eigenvalue weighted by molar-refractivity contribution is 5.90. The number of carbonyl (C=O) groups excluding carboxylic acids is 2. The van der Waals surface area contributed by atoms with E-state index < -0.39 is 54.6 Å². The molecule has 0 radical (unpaired) electrons. The lowest BCUT2D eigenvalue weighted by Gasteiger charge is -2.15. The molecule has 12 heteroatoms. The van der Waals surface area contributed by atoms with Gasteiger partial charge in [0.05, 0.1) is 36.8 Å². The molecule has 0 saturated carbocycles. The van der Waals surface area contributed by atoms with Gasteiger partial charge in [-0.15, -0.1) is 0 Å². The zero-order valence-electron chi connectivity index (χ0n) is 19.3. The van der Waals surface area contributed by atoms with Crippen molar-refractivity contribution in [2.45, 2.75) is 30.6 Å². The molecule has 3 aromatic rings. The maximum atomic E-state index is 13.4.